The van der Waals surface area contributed by atoms with Gasteiger partial charge in [0.25, 0.3) is 0 Å². The Bertz CT molecular complexity index is 1030. The van der Waals surface area contributed by atoms with Crippen molar-refractivity contribution in [2.75, 3.05) is 0 Å². The third-order valence-electron chi connectivity index (χ3n) is 4.31. The van der Waals surface area contributed by atoms with E-state index in [2.05, 4.69) is 32.9 Å². The predicted octanol–water partition coefficient (Wildman–Crippen LogP) is 3.70. The molecular weight excluding hydrogens is 314 g/mol. The summed E-state index contributed by atoms with van der Waals surface area (Å²) in [4.78, 5) is 18.6. The first kappa shape index (κ1) is 15.2. The normalized spacial score (nSPS) is 11.0. The van der Waals surface area contributed by atoms with Crippen LogP contribution in [-0.4, -0.2) is 25.6 Å². The Balaban J connectivity index is 1.72. The van der Waals surface area contributed by atoms with Gasteiger partial charge in [0.15, 0.2) is 0 Å². The number of rotatable bonds is 5. The first-order valence-electron chi connectivity index (χ1n) is 8.08. The zero-order valence-corrected chi connectivity index (χ0v) is 13.5. The van der Waals surface area contributed by atoms with Crippen molar-refractivity contribution in [3.8, 4) is 0 Å². The van der Waals surface area contributed by atoms with Crippen molar-refractivity contribution in [3.63, 3.8) is 0 Å². The summed E-state index contributed by atoms with van der Waals surface area (Å²) < 4.78 is 2.16. The molecule has 0 aliphatic heterocycles. The number of hydrogen-bond acceptors (Lipinski definition) is 2. The molecular formula is C20H17N3O2. The lowest BCUT2D eigenvalue weighted by Crippen LogP contribution is -2.01. The van der Waals surface area contributed by atoms with Gasteiger partial charge >= 0.3 is 5.97 Å². The lowest BCUT2D eigenvalue weighted by molar-refractivity contribution is 0.0696. The molecule has 2 heterocycles. The first-order valence-corrected chi connectivity index (χ1v) is 8.08. The number of nitrogens with one attached hydrogen (secondary N) is 1. The highest BCUT2D eigenvalue weighted by Gasteiger charge is 2.11. The van der Waals surface area contributed by atoms with Crippen LogP contribution >= 0.6 is 0 Å². The molecule has 0 fully saturated rings. The summed E-state index contributed by atoms with van der Waals surface area (Å²) in [6.45, 7) is 0.625. The van der Waals surface area contributed by atoms with Crippen molar-refractivity contribution in [1.29, 1.82) is 0 Å². The minimum Gasteiger partial charge on any atom is -0.478 e. The number of carboxylic acid groups (broad SMARTS) is 1. The van der Waals surface area contributed by atoms with Crippen LogP contribution in [0.4, 0.5) is 0 Å². The highest BCUT2D eigenvalue weighted by Crippen LogP contribution is 2.24. The molecule has 2 N–H and O–H groups in total. The predicted molar refractivity (Wildman–Crippen MR) is 95.8 cm³/mol. The molecule has 2 aromatic carbocycles. The van der Waals surface area contributed by atoms with Crippen LogP contribution in [0.1, 0.15) is 27.3 Å². The second-order valence-corrected chi connectivity index (χ2v) is 6.02. The molecule has 4 aromatic rings. The Morgan fingerprint density at radius 1 is 1.16 bits per heavy atom. The second-order valence-electron chi connectivity index (χ2n) is 6.02. The summed E-state index contributed by atoms with van der Waals surface area (Å²) in [6.07, 6.45) is 6.44. The number of carboxylic acids is 1. The monoisotopic (exact) mass is 331 g/mol. The molecule has 0 aliphatic rings. The Hall–Kier alpha value is -3.34. The van der Waals surface area contributed by atoms with Crippen LogP contribution in [0.3, 0.4) is 0 Å². The van der Waals surface area contributed by atoms with Crippen LogP contribution in [-0.2, 0) is 13.0 Å². The van der Waals surface area contributed by atoms with Gasteiger partial charge in [0.2, 0.25) is 0 Å². The maximum Gasteiger partial charge on any atom is 0.335 e. The number of H-pyrrole nitrogens is 1. The average molecular weight is 331 g/mol. The summed E-state index contributed by atoms with van der Waals surface area (Å²) in [6, 6.07) is 15.3. The van der Waals surface area contributed by atoms with Crippen LogP contribution < -0.4 is 0 Å². The van der Waals surface area contributed by atoms with E-state index in [1.165, 1.54) is 10.9 Å². The number of fused-ring (bicyclic) bond motifs is 1. The molecule has 0 radical (unpaired) electrons. The van der Waals surface area contributed by atoms with Gasteiger partial charge in [-0.05, 0) is 29.3 Å². The number of aromatic amines is 1. The molecule has 4 rings (SSSR count). The number of carbonyl (C=O) groups is 1. The molecule has 25 heavy (non-hydrogen) atoms. The van der Waals surface area contributed by atoms with Crippen LogP contribution in [0.2, 0.25) is 0 Å². The Labute approximate surface area is 144 Å². The average Bonchev–Trinajstić information content (AvgIpc) is 3.25. The van der Waals surface area contributed by atoms with Gasteiger partial charge in [-0.15, -0.1) is 0 Å². The van der Waals surface area contributed by atoms with Gasteiger partial charge in [-0.3, -0.25) is 0 Å². The molecule has 0 saturated heterocycles. The van der Waals surface area contributed by atoms with Crippen LogP contribution in [0.15, 0.2) is 67.1 Å². The number of para-hydroxylation sites is 1. The van der Waals surface area contributed by atoms with E-state index >= 15 is 0 Å². The fourth-order valence-electron chi connectivity index (χ4n) is 3.17. The summed E-state index contributed by atoms with van der Waals surface area (Å²) in [5, 5.41) is 10.4. The lowest BCUT2D eigenvalue weighted by Gasteiger charge is -2.06. The SMILES string of the molecule is O=C(O)c1cccc(Cn2cc(Cc3ncc[nH]3)c3ccccc32)c1. The van der Waals surface area contributed by atoms with E-state index in [0.717, 1.165) is 23.3 Å². The fraction of sp³-hybridized carbons (Fsp3) is 0.100. The van der Waals surface area contributed by atoms with Crippen molar-refractivity contribution in [2.45, 2.75) is 13.0 Å². The van der Waals surface area contributed by atoms with E-state index in [1.807, 2.05) is 24.4 Å². The standard InChI is InChI=1S/C20H17N3O2/c24-20(25)15-5-3-4-14(10-15)12-23-13-16(11-19-21-8-9-22-19)17-6-1-2-7-18(17)23/h1-10,13H,11-12H2,(H,21,22)(H,24,25). The van der Waals surface area contributed by atoms with Crippen molar-refractivity contribution in [3.05, 3.63) is 89.6 Å². The van der Waals surface area contributed by atoms with Gasteiger partial charge in [0, 0.05) is 42.5 Å². The van der Waals surface area contributed by atoms with E-state index < -0.39 is 5.97 Å². The topological polar surface area (TPSA) is 70.9 Å². The maximum atomic E-state index is 11.2. The highest BCUT2D eigenvalue weighted by atomic mass is 16.4. The molecule has 0 atom stereocenters. The number of nitrogens with zero attached hydrogens (tertiary/aromatic N) is 2. The largest absolute Gasteiger partial charge is 0.478 e. The third-order valence-corrected chi connectivity index (χ3v) is 4.31. The zero-order valence-electron chi connectivity index (χ0n) is 13.5. The van der Waals surface area contributed by atoms with Crippen LogP contribution in [0, 0.1) is 0 Å². The molecule has 0 saturated carbocycles. The van der Waals surface area contributed by atoms with Gasteiger partial charge in [0.05, 0.1) is 5.56 Å². The summed E-state index contributed by atoms with van der Waals surface area (Å²) in [5.41, 5.74) is 3.60. The van der Waals surface area contributed by atoms with Gasteiger partial charge in [0.1, 0.15) is 5.82 Å². The summed E-state index contributed by atoms with van der Waals surface area (Å²) >= 11 is 0. The molecule has 2 aromatic heterocycles. The van der Waals surface area contributed by atoms with Crippen molar-refractivity contribution in [1.82, 2.24) is 14.5 Å². The molecule has 0 bridgehead atoms. The minimum absolute atomic E-state index is 0.310. The first-order chi connectivity index (χ1) is 12.2. The Morgan fingerprint density at radius 2 is 2.04 bits per heavy atom. The summed E-state index contributed by atoms with van der Waals surface area (Å²) in [5.74, 6) is 0.0218. The zero-order chi connectivity index (χ0) is 17.2. The number of imidazole rings is 1. The van der Waals surface area contributed by atoms with Crippen molar-refractivity contribution >= 4 is 16.9 Å². The van der Waals surface area contributed by atoms with Gasteiger partial charge in [-0.2, -0.15) is 0 Å². The van der Waals surface area contributed by atoms with E-state index in [1.54, 1.807) is 24.4 Å². The molecule has 0 aliphatic carbocycles. The summed E-state index contributed by atoms with van der Waals surface area (Å²) in [7, 11) is 0. The quantitative estimate of drug-likeness (QED) is 0.586. The Morgan fingerprint density at radius 3 is 2.84 bits per heavy atom. The molecule has 0 unspecified atom stereocenters. The smallest absolute Gasteiger partial charge is 0.335 e. The third kappa shape index (κ3) is 3.04. The highest BCUT2D eigenvalue weighted by molar-refractivity contribution is 5.88. The number of benzene rings is 2. The number of aromatic carboxylic acids is 1. The molecule has 5 nitrogen and oxygen atoms in total. The van der Waals surface area contributed by atoms with Crippen molar-refractivity contribution < 1.29 is 9.90 Å². The molecule has 0 spiro atoms. The number of aromatic nitrogens is 3. The molecule has 124 valence electrons. The van der Waals surface area contributed by atoms with Crippen molar-refractivity contribution in [2.24, 2.45) is 0 Å². The minimum atomic E-state index is -0.905. The van der Waals surface area contributed by atoms with Crippen LogP contribution in [0.25, 0.3) is 10.9 Å². The second kappa shape index (κ2) is 6.28. The molecule has 5 heteroatoms. The van der Waals surface area contributed by atoms with E-state index in [-0.39, 0.29) is 0 Å². The van der Waals surface area contributed by atoms with E-state index in [9.17, 15) is 9.90 Å². The number of hydrogen-bond donors (Lipinski definition) is 2. The van der Waals surface area contributed by atoms with Gasteiger partial charge in [-0.25, -0.2) is 9.78 Å². The lowest BCUT2D eigenvalue weighted by atomic mass is 10.1. The van der Waals surface area contributed by atoms with Gasteiger partial charge in [-0.1, -0.05) is 30.3 Å². The molecule has 0 amide bonds. The maximum absolute atomic E-state index is 11.2. The van der Waals surface area contributed by atoms with Crippen LogP contribution in [0.5, 0.6) is 0 Å². The van der Waals surface area contributed by atoms with E-state index in [4.69, 9.17) is 0 Å². The Kier molecular flexibility index (Phi) is 3.82. The fourth-order valence-corrected chi connectivity index (χ4v) is 3.17. The van der Waals surface area contributed by atoms with Gasteiger partial charge < -0.3 is 14.7 Å². The van der Waals surface area contributed by atoms with E-state index in [0.29, 0.717) is 12.1 Å².